The monoisotopic (exact) mass is 634 g/mol. The summed E-state index contributed by atoms with van der Waals surface area (Å²) in [5, 5.41) is 0.631. The molecule has 0 unspecified atom stereocenters. The second-order valence-corrected chi connectivity index (χ2v) is 12.6. The van der Waals surface area contributed by atoms with Crippen LogP contribution in [0.2, 0.25) is 5.02 Å². The normalized spacial score (nSPS) is 11.4. The van der Waals surface area contributed by atoms with Crippen molar-refractivity contribution in [3.63, 3.8) is 0 Å². The summed E-state index contributed by atoms with van der Waals surface area (Å²) in [6, 6.07) is 29.2. The Morgan fingerprint density at radius 3 is 2.31 bits per heavy atom. The van der Waals surface area contributed by atoms with Crippen LogP contribution in [-0.4, -0.2) is 25.5 Å². The van der Waals surface area contributed by atoms with Gasteiger partial charge in [0.15, 0.2) is 5.69 Å². The van der Waals surface area contributed by atoms with Crippen LogP contribution in [0.25, 0.3) is 49.3 Å². The largest absolute Gasteiger partial charge is 0.465 e. The van der Waals surface area contributed by atoms with Gasteiger partial charge in [0.25, 0.3) is 10.0 Å². The number of benzene rings is 5. The number of fused-ring (bicyclic) bond motifs is 1. The molecule has 0 aliphatic rings. The van der Waals surface area contributed by atoms with Crippen molar-refractivity contribution < 1.29 is 22.3 Å². The Labute approximate surface area is 264 Å². The fraction of sp³-hybridized carbons (Fsp3) is 0.0556. The number of para-hydroxylation sites is 1. The molecule has 5 aromatic carbocycles. The van der Waals surface area contributed by atoms with Crippen molar-refractivity contribution in [2.75, 3.05) is 7.11 Å². The lowest BCUT2D eigenvalue weighted by Gasteiger charge is -2.16. The van der Waals surface area contributed by atoms with Gasteiger partial charge in [0.2, 0.25) is 0 Å². The molecule has 222 valence electrons. The second-order valence-electron chi connectivity index (χ2n) is 10.4. The molecule has 0 amide bonds. The van der Waals surface area contributed by atoms with Gasteiger partial charge in [-0.3, -0.25) is 0 Å². The summed E-state index contributed by atoms with van der Waals surface area (Å²) in [7, 11) is -2.96. The molecule has 6 nitrogen and oxygen atoms in total. The first-order valence-electron chi connectivity index (χ1n) is 13.8. The molecule has 1 heterocycles. The maximum Gasteiger partial charge on any atom is 0.337 e. The number of hydrogen-bond donors (Lipinski definition) is 0. The minimum absolute atomic E-state index is 0.0539. The van der Waals surface area contributed by atoms with Crippen LogP contribution in [0.5, 0.6) is 0 Å². The standard InChI is InChI=1S/C36H24ClFN2O4S/c1-22-11-15-27(16-12-22)45(42,43)40-33-18-14-26(38)21-30(33)34(29-9-4-5-10-32(29)39-2)35(40)24-8-6-7-23(19-24)28-17-13-25(20-31(28)37)36(41)44-3/h4-21H,1,3H3. The van der Waals surface area contributed by atoms with E-state index < -0.39 is 21.8 Å². The van der Waals surface area contributed by atoms with E-state index in [2.05, 4.69) is 4.85 Å². The Bertz CT molecular complexity index is 2290. The van der Waals surface area contributed by atoms with Crippen LogP contribution in [-0.2, 0) is 14.8 Å². The predicted octanol–water partition coefficient (Wildman–Crippen LogP) is 9.32. The highest BCUT2D eigenvalue weighted by Gasteiger charge is 2.30. The van der Waals surface area contributed by atoms with E-state index in [1.807, 2.05) is 13.0 Å². The number of methoxy groups -OCH3 is 1. The molecule has 0 radical (unpaired) electrons. The van der Waals surface area contributed by atoms with Gasteiger partial charge in [-0.05, 0) is 66.6 Å². The van der Waals surface area contributed by atoms with Crippen molar-refractivity contribution in [2.24, 2.45) is 0 Å². The number of ether oxygens (including phenoxy) is 1. The van der Waals surface area contributed by atoms with Gasteiger partial charge in [-0.1, -0.05) is 77.8 Å². The number of esters is 1. The van der Waals surface area contributed by atoms with E-state index >= 15 is 0 Å². The second kappa shape index (κ2) is 11.7. The van der Waals surface area contributed by atoms with Gasteiger partial charge < -0.3 is 4.74 Å². The number of hydrogen-bond acceptors (Lipinski definition) is 4. The number of aromatic nitrogens is 1. The molecule has 1 aromatic heterocycles. The molecule has 0 saturated carbocycles. The Hall–Kier alpha value is -5.23. The van der Waals surface area contributed by atoms with Crippen LogP contribution in [0.1, 0.15) is 15.9 Å². The van der Waals surface area contributed by atoms with Gasteiger partial charge in [-0.15, -0.1) is 0 Å². The average molecular weight is 635 g/mol. The van der Waals surface area contributed by atoms with E-state index in [1.54, 1.807) is 66.7 Å². The fourth-order valence-corrected chi connectivity index (χ4v) is 7.28. The SMILES string of the molecule is [C-]#[N+]c1ccccc1-c1c(-c2cccc(-c3ccc(C(=O)OC)cc3Cl)c2)n(S(=O)(=O)c2ccc(C)cc2)c2ccc(F)cc12. The van der Waals surface area contributed by atoms with Crippen LogP contribution in [0, 0.1) is 19.3 Å². The number of aryl methyl sites for hydroxylation is 1. The third-order valence-corrected chi connectivity index (χ3v) is 9.62. The number of rotatable bonds is 6. The molecular weight excluding hydrogens is 611 g/mol. The summed E-state index contributed by atoms with van der Waals surface area (Å²) in [6.45, 7) is 9.72. The van der Waals surface area contributed by atoms with E-state index in [-0.39, 0.29) is 27.4 Å². The van der Waals surface area contributed by atoms with E-state index in [0.29, 0.717) is 38.2 Å². The van der Waals surface area contributed by atoms with Crippen LogP contribution in [0.3, 0.4) is 0 Å². The van der Waals surface area contributed by atoms with Gasteiger partial charge in [0.05, 0.1) is 35.4 Å². The molecule has 0 bridgehead atoms. The van der Waals surface area contributed by atoms with Crippen molar-refractivity contribution in [1.82, 2.24) is 3.97 Å². The minimum Gasteiger partial charge on any atom is -0.465 e. The van der Waals surface area contributed by atoms with Gasteiger partial charge >= 0.3 is 5.97 Å². The number of nitrogens with zero attached hydrogens (tertiary/aromatic N) is 2. The average Bonchev–Trinajstić information content (AvgIpc) is 3.39. The van der Waals surface area contributed by atoms with Crippen LogP contribution < -0.4 is 0 Å². The third-order valence-electron chi connectivity index (χ3n) is 7.58. The number of carbonyl (C=O) groups is 1. The molecule has 6 aromatic rings. The Balaban J connectivity index is 1.71. The molecule has 0 N–H and O–H groups in total. The first-order chi connectivity index (χ1) is 21.6. The van der Waals surface area contributed by atoms with Crippen LogP contribution in [0.4, 0.5) is 10.1 Å². The first-order valence-corrected chi connectivity index (χ1v) is 15.6. The van der Waals surface area contributed by atoms with Crippen molar-refractivity contribution >= 4 is 44.2 Å². The molecule has 0 aliphatic heterocycles. The quantitative estimate of drug-likeness (QED) is 0.135. The molecule has 0 spiro atoms. The summed E-state index contributed by atoms with van der Waals surface area (Å²) in [4.78, 5) is 15.8. The lowest BCUT2D eigenvalue weighted by Crippen LogP contribution is -2.14. The Morgan fingerprint density at radius 2 is 1.60 bits per heavy atom. The summed E-state index contributed by atoms with van der Waals surface area (Å²) >= 11 is 6.62. The lowest BCUT2D eigenvalue weighted by atomic mass is 9.95. The van der Waals surface area contributed by atoms with Crippen molar-refractivity contribution in [3.8, 4) is 33.5 Å². The highest BCUT2D eigenvalue weighted by atomic mass is 35.5. The van der Waals surface area contributed by atoms with E-state index in [0.717, 1.165) is 5.56 Å². The van der Waals surface area contributed by atoms with E-state index in [4.69, 9.17) is 22.9 Å². The number of halogens is 2. The molecule has 6 rings (SSSR count). The highest BCUT2D eigenvalue weighted by molar-refractivity contribution is 7.90. The molecular formula is C36H24ClFN2O4S. The maximum absolute atomic E-state index is 14.9. The zero-order valence-corrected chi connectivity index (χ0v) is 25.7. The van der Waals surface area contributed by atoms with Crippen LogP contribution >= 0.6 is 11.6 Å². The molecule has 45 heavy (non-hydrogen) atoms. The highest BCUT2D eigenvalue weighted by Crippen LogP contribution is 2.46. The molecule has 0 aliphatic carbocycles. The molecule has 0 fully saturated rings. The topological polar surface area (TPSA) is 69.7 Å². The zero-order chi connectivity index (χ0) is 31.9. The van der Waals surface area contributed by atoms with Gasteiger partial charge in [-0.25, -0.2) is 26.4 Å². The molecule has 0 saturated heterocycles. The predicted molar refractivity (Wildman–Crippen MR) is 175 cm³/mol. The van der Waals surface area contributed by atoms with E-state index in [9.17, 15) is 17.6 Å². The van der Waals surface area contributed by atoms with Crippen LogP contribution in [0.15, 0.2) is 114 Å². The minimum atomic E-state index is -4.25. The first kappa shape index (κ1) is 29.8. The Kier molecular flexibility index (Phi) is 7.75. The van der Waals surface area contributed by atoms with Crippen molar-refractivity contribution in [1.29, 1.82) is 0 Å². The summed E-state index contributed by atoms with van der Waals surface area (Å²) in [6.07, 6.45) is 0. The molecule has 0 atom stereocenters. The smallest absolute Gasteiger partial charge is 0.337 e. The lowest BCUT2D eigenvalue weighted by molar-refractivity contribution is 0.0600. The number of carbonyl (C=O) groups excluding carboxylic acids is 1. The van der Waals surface area contributed by atoms with Gasteiger partial charge in [0.1, 0.15) is 5.82 Å². The van der Waals surface area contributed by atoms with E-state index in [1.165, 1.54) is 47.5 Å². The fourth-order valence-electron chi connectivity index (χ4n) is 5.45. The van der Waals surface area contributed by atoms with Gasteiger partial charge in [-0.2, -0.15) is 0 Å². The Morgan fingerprint density at radius 1 is 0.867 bits per heavy atom. The summed E-state index contributed by atoms with van der Waals surface area (Å²) in [5.41, 5.74) is 4.57. The maximum atomic E-state index is 14.9. The third kappa shape index (κ3) is 5.27. The van der Waals surface area contributed by atoms with Gasteiger partial charge in [0, 0.05) is 27.1 Å². The zero-order valence-electron chi connectivity index (χ0n) is 24.1. The van der Waals surface area contributed by atoms with Crippen molar-refractivity contribution in [2.45, 2.75) is 11.8 Å². The van der Waals surface area contributed by atoms with Crippen molar-refractivity contribution in [3.05, 3.63) is 143 Å². The summed E-state index contributed by atoms with van der Waals surface area (Å²) < 4.78 is 50.0. The molecule has 9 heteroatoms. The summed E-state index contributed by atoms with van der Waals surface area (Å²) in [5.74, 6) is -1.08.